The quantitative estimate of drug-likeness (QED) is 0.791. The number of hydrogen-bond acceptors (Lipinski definition) is 4. The number of anilines is 2. The van der Waals surface area contributed by atoms with E-state index in [-0.39, 0.29) is 11.8 Å². The zero-order chi connectivity index (χ0) is 12.4. The van der Waals surface area contributed by atoms with Crippen LogP contribution in [0.25, 0.3) is 0 Å². The second-order valence-corrected chi connectivity index (χ2v) is 4.63. The van der Waals surface area contributed by atoms with Crippen molar-refractivity contribution in [2.75, 3.05) is 17.2 Å². The van der Waals surface area contributed by atoms with E-state index < -0.39 is 0 Å². The van der Waals surface area contributed by atoms with Gasteiger partial charge in [-0.05, 0) is 25.8 Å². The Morgan fingerprint density at radius 1 is 1.53 bits per heavy atom. The summed E-state index contributed by atoms with van der Waals surface area (Å²) in [5.74, 6) is 0.503. The van der Waals surface area contributed by atoms with Crippen LogP contribution in [0, 0.1) is 5.92 Å². The lowest BCUT2D eigenvalue weighted by Gasteiger charge is -2.37. The highest BCUT2D eigenvalue weighted by atomic mass is 16.1. The Hall–Kier alpha value is -1.78. The summed E-state index contributed by atoms with van der Waals surface area (Å²) >= 11 is 0. The fraction of sp³-hybridized carbons (Fsp3) is 0.500. The molecule has 1 amide bonds. The number of nitrogens with two attached hydrogens (primary N) is 2. The number of nitrogens with zero attached hydrogens (tertiary/aromatic N) is 2. The molecule has 17 heavy (non-hydrogen) atoms. The molecule has 1 fully saturated rings. The van der Waals surface area contributed by atoms with Crippen LogP contribution >= 0.6 is 0 Å². The molecule has 2 unspecified atom stereocenters. The Bertz CT molecular complexity index is 421. The van der Waals surface area contributed by atoms with E-state index in [4.69, 9.17) is 11.5 Å². The van der Waals surface area contributed by atoms with Gasteiger partial charge in [0.25, 0.3) is 0 Å². The van der Waals surface area contributed by atoms with Crippen LogP contribution in [0.5, 0.6) is 0 Å². The van der Waals surface area contributed by atoms with E-state index in [0.29, 0.717) is 18.3 Å². The van der Waals surface area contributed by atoms with Gasteiger partial charge in [0, 0.05) is 30.5 Å². The number of hydrogen-bond donors (Lipinski definition) is 2. The van der Waals surface area contributed by atoms with Gasteiger partial charge in [0.2, 0.25) is 5.91 Å². The first-order valence-electron chi connectivity index (χ1n) is 5.85. The van der Waals surface area contributed by atoms with Crippen LogP contribution in [0.2, 0.25) is 0 Å². The van der Waals surface area contributed by atoms with E-state index in [1.165, 1.54) is 0 Å². The highest BCUT2D eigenvalue weighted by molar-refractivity contribution is 5.77. The van der Waals surface area contributed by atoms with Crippen LogP contribution in [0.4, 0.5) is 11.5 Å². The molecule has 1 aromatic rings. The molecule has 5 heteroatoms. The average Bonchev–Trinajstić information content (AvgIpc) is 2.29. The van der Waals surface area contributed by atoms with Gasteiger partial charge in [-0.25, -0.2) is 4.98 Å². The number of amides is 1. The van der Waals surface area contributed by atoms with E-state index in [0.717, 1.165) is 18.7 Å². The molecule has 4 N–H and O–H groups in total. The zero-order valence-electron chi connectivity index (χ0n) is 9.97. The third kappa shape index (κ3) is 2.49. The number of nitrogen functional groups attached to an aromatic ring is 1. The zero-order valence-corrected chi connectivity index (χ0v) is 9.97. The standard InChI is InChI=1S/C12H18N4O/c1-8-2-3-9(12(14)17)7-16(8)11-6-10(13)4-5-15-11/h4-6,8-9H,2-3,7H2,1H3,(H2,13,15)(H2,14,17). The molecule has 0 spiro atoms. The van der Waals surface area contributed by atoms with Crippen molar-refractivity contribution in [1.82, 2.24) is 4.98 Å². The van der Waals surface area contributed by atoms with Crippen molar-refractivity contribution in [3.63, 3.8) is 0 Å². The SMILES string of the molecule is CC1CCC(C(N)=O)CN1c1cc(N)ccn1. The van der Waals surface area contributed by atoms with Gasteiger partial charge in [-0.1, -0.05) is 0 Å². The molecule has 0 aromatic carbocycles. The van der Waals surface area contributed by atoms with Crippen LogP contribution in [0.1, 0.15) is 19.8 Å². The molecular formula is C12H18N4O. The lowest BCUT2D eigenvalue weighted by molar-refractivity contribution is -0.122. The number of piperidine rings is 1. The summed E-state index contributed by atoms with van der Waals surface area (Å²) in [6.07, 6.45) is 3.49. The second-order valence-electron chi connectivity index (χ2n) is 4.63. The van der Waals surface area contributed by atoms with Crippen LogP contribution in [0.3, 0.4) is 0 Å². The molecule has 1 saturated heterocycles. The number of primary amides is 1. The summed E-state index contributed by atoms with van der Waals surface area (Å²) in [4.78, 5) is 17.7. The molecule has 1 aliphatic rings. The molecule has 1 aromatic heterocycles. The van der Waals surface area contributed by atoms with Crippen molar-refractivity contribution in [3.05, 3.63) is 18.3 Å². The Labute approximate surface area is 101 Å². The highest BCUT2D eigenvalue weighted by Crippen LogP contribution is 2.26. The van der Waals surface area contributed by atoms with Crippen molar-refractivity contribution in [2.45, 2.75) is 25.8 Å². The summed E-state index contributed by atoms with van der Waals surface area (Å²) in [6, 6.07) is 3.95. The molecule has 1 aliphatic heterocycles. The van der Waals surface area contributed by atoms with Crippen LogP contribution in [0.15, 0.2) is 18.3 Å². The van der Waals surface area contributed by atoms with E-state index >= 15 is 0 Å². The highest BCUT2D eigenvalue weighted by Gasteiger charge is 2.29. The van der Waals surface area contributed by atoms with Gasteiger partial charge in [0.1, 0.15) is 5.82 Å². The Balaban J connectivity index is 2.20. The van der Waals surface area contributed by atoms with Crippen LogP contribution < -0.4 is 16.4 Å². The van der Waals surface area contributed by atoms with Gasteiger partial charge >= 0.3 is 0 Å². The normalized spacial score (nSPS) is 24.6. The average molecular weight is 234 g/mol. The van der Waals surface area contributed by atoms with E-state index in [9.17, 15) is 4.79 Å². The Kier molecular flexibility index (Phi) is 3.17. The summed E-state index contributed by atoms with van der Waals surface area (Å²) in [7, 11) is 0. The number of rotatable bonds is 2. The van der Waals surface area contributed by atoms with Crippen molar-refractivity contribution in [1.29, 1.82) is 0 Å². The molecule has 2 heterocycles. The fourth-order valence-corrected chi connectivity index (χ4v) is 2.25. The monoisotopic (exact) mass is 234 g/mol. The maximum Gasteiger partial charge on any atom is 0.222 e. The maximum absolute atomic E-state index is 11.3. The number of carbonyl (C=O) groups is 1. The number of aromatic nitrogens is 1. The predicted octanol–water partition coefficient (Wildman–Crippen LogP) is 0.754. The van der Waals surface area contributed by atoms with E-state index in [1.54, 1.807) is 12.3 Å². The molecule has 2 rings (SSSR count). The second kappa shape index (κ2) is 4.61. The minimum absolute atomic E-state index is 0.0885. The van der Waals surface area contributed by atoms with E-state index in [2.05, 4.69) is 16.8 Å². The maximum atomic E-state index is 11.3. The minimum atomic E-state index is -0.231. The fourth-order valence-electron chi connectivity index (χ4n) is 2.25. The molecule has 2 atom stereocenters. The summed E-state index contributed by atoms with van der Waals surface area (Å²) < 4.78 is 0. The van der Waals surface area contributed by atoms with Crippen molar-refractivity contribution in [2.24, 2.45) is 11.7 Å². The molecule has 0 radical (unpaired) electrons. The first kappa shape index (κ1) is 11.7. The van der Waals surface area contributed by atoms with Gasteiger partial charge in [0.15, 0.2) is 0 Å². The smallest absolute Gasteiger partial charge is 0.222 e. The molecule has 0 aliphatic carbocycles. The van der Waals surface area contributed by atoms with Gasteiger partial charge < -0.3 is 16.4 Å². The van der Waals surface area contributed by atoms with E-state index in [1.807, 2.05) is 6.07 Å². The third-order valence-electron chi connectivity index (χ3n) is 3.35. The summed E-state index contributed by atoms with van der Waals surface area (Å²) in [5, 5.41) is 0. The lowest BCUT2D eigenvalue weighted by Crippen LogP contribution is -2.46. The molecule has 92 valence electrons. The van der Waals surface area contributed by atoms with Gasteiger partial charge in [0.05, 0.1) is 5.92 Å². The Morgan fingerprint density at radius 3 is 2.94 bits per heavy atom. The van der Waals surface area contributed by atoms with Crippen molar-refractivity contribution >= 4 is 17.4 Å². The first-order valence-corrected chi connectivity index (χ1v) is 5.85. The Morgan fingerprint density at radius 2 is 2.29 bits per heavy atom. The summed E-state index contributed by atoms with van der Waals surface area (Å²) in [5.41, 5.74) is 11.8. The topological polar surface area (TPSA) is 85.2 Å². The van der Waals surface area contributed by atoms with Crippen molar-refractivity contribution < 1.29 is 4.79 Å². The van der Waals surface area contributed by atoms with Gasteiger partial charge in [-0.2, -0.15) is 0 Å². The molecule has 5 nitrogen and oxygen atoms in total. The molecular weight excluding hydrogens is 216 g/mol. The van der Waals surface area contributed by atoms with Crippen LogP contribution in [-0.2, 0) is 4.79 Å². The minimum Gasteiger partial charge on any atom is -0.399 e. The number of carbonyl (C=O) groups excluding carboxylic acids is 1. The summed E-state index contributed by atoms with van der Waals surface area (Å²) in [6.45, 7) is 2.76. The largest absolute Gasteiger partial charge is 0.399 e. The predicted molar refractivity (Wildman–Crippen MR) is 67.4 cm³/mol. The van der Waals surface area contributed by atoms with Crippen molar-refractivity contribution in [3.8, 4) is 0 Å². The first-order chi connectivity index (χ1) is 8.08. The molecule has 0 bridgehead atoms. The lowest BCUT2D eigenvalue weighted by atomic mass is 9.93. The molecule has 0 saturated carbocycles. The van der Waals surface area contributed by atoms with Crippen LogP contribution in [-0.4, -0.2) is 23.5 Å². The third-order valence-corrected chi connectivity index (χ3v) is 3.35. The van der Waals surface area contributed by atoms with Gasteiger partial charge in [-0.3, -0.25) is 4.79 Å². The number of pyridine rings is 1. The van der Waals surface area contributed by atoms with Gasteiger partial charge in [-0.15, -0.1) is 0 Å².